The van der Waals surface area contributed by atoms with E-state index >= 15 is 0 Å². The molecule has 0 amide bonds. The molecule has 16 aromatic carbocycles. The van der Waals surface area contributed by atoms with Gasteiger partial charge in [-0.3, -0.25) is 0 Å². The van der Waals surface area contributed by atoms with Crippen LogP contribution in [0.25, 0.3) is 60.9 Å². The van der Waals surface area contributed by atoms with Gasteiger partial charge >= 0.3 is 0 Å². The fourth-order valence-electron chi connectivity index (χ4n) is 17.2. The summed E-state index contributed by atoms with van der Waals surface area (Å²) in [7, 11) is -6.46. The Balaban J connectivity index is 0.996. The van der Waals surface area contributed by atoms with Gasteiger partial charge in [-0.25, -0.2) is 0 Å². The van der Waals surface area contributed by atoms with Crippen LogP contribution in [0.2, 0.25) is 0 Å². The molecular weight excluding hydrogens is 1260 g/mol. The minimum Gasteiger partial charge on any atom is -0.311 e. The Morgan fingerprint density at radius 1 is 0.196 bits per heavy atom. The molecule has 0 aliphatic carbocycles. The maximum atomic E-state index is 2.73. The second kappa shape index (κ2) is 25.3. The van der Waals surface area contributed by atoms with Crippen molar-refractivity contribution in [2.24, 2.45) is 0 Å². The summed E-state index contributed by atoms with van der Waals surface area (Å²) in [6.45, 7) is -0.231. The lowest BCUT2D eigenvalue weighted by atomic mass is 9.33. The van der Waals surface area contributed by atoms with Gasteiger partial charge in [0.15, 0.2) is 16.1 Å². The van der Waals surface area contributed by atoms with Crippen LogP contribution in [0.3, 0.4) is 0 Å². The Morgan fingerprint density at radius 3 is 1.03 bits per heavy atom. The van der Waals surface area contributed by atoms with Gasteiger partial charge in [-0.1, -0.05) is 352 Å². The molecule has 6 heteroatoms. The second-order valence-corrected chi connectivity index (χ2v) is 34.6. The van der Waals surface area contributed by atoms with Gasteiger partial charge in [0, 0.05) is 44.9 Å². The largest absolute Gasteiger partial charge is 0.311 e. The fourth-order valence-corrected chi connectivity index (χ4v) is 26.8. The number of benzene rings is 16. The molecule has 3 nitrogen and oxygen atoms in total. The van der Waals surface area contributed by atoms with Crippen molar-refractivity contribution in [3.63, 3.8) is 0 Å². The zero-order valence-electron chi connectivity index (χ0n) is 56.2. The summed E-state index contributed by atoms with van der Waals surface area (Å²) in [6, 6.07) is 156. The highest BCUT2D eigenvalue weighted by molar-refractivity contribution is 7.20. The van der Waals surface area contributed by atoms with Crippen LogP contribution in [0.15, 0.2) is 413 Å². The summed E-state index contributed by atoms with van der Waals surface area (Å²) >= 11 is 0. The van der Waals surface area contributed by atoms with E-state index in [0.29, 0.717) is 0 Å². The molecule has 0 N–H and O–H groups in total. The standard InChI is InChI=1S/C96H68BN3Si2/c1-10-32-69(33-11-1)72-54-57-75(58-55-72)98-92-61-56-73(70-34-12-2-13-35-70)64-89(92)97-88-60-59-84(101(78-38-16-4-17-39-78,79-40-18-5-19-41-79)80-42-20-6-21-43-80)68-93(88)100(95-67-77(66-94(98)96(95)97)99-90-52-30-28-50-86(90)87-51-29-31-53-91(87)99)76-62-74(71-36-14-3-15-37-71)63-85(65-76)102(81-44-22-7-23-45-81,82-46-24-8-25-47-82)83-48-26-9-27-49-83/h1-68H. The number of fused-ring (bicyclic) bond motifs is 7. The molecule has 1 aromatic heterocycles. The van der Waals surface area contributed by atoms with E-state index in [1.165, 1.54) is 90.9 Å². The summed E-state index contributed by atoms with van der Waals surface area (Å²) < 4.78 is 2.54. The van der Waals surface area contributed by atoms with Crippen LogP contribution in [-0.2, 0) is 0 Å². The van der Waals surface area contributed by atoms with E-state index in [0.717, 1.165) is 62.0 Å². The Bertz CT molecular complexity index is 5680. The molecule has 17 aromatic rings. The molecule has 0 radical (unpaired) electrons. The molecule has 0 atom stereocenters. The Kier molecular flexibility index (Phi) is 15.0. The third-order valence-corrected chi connectivity index (χ3v) is 31.1. The van der Waals surface area contributed by atoms with Gasteiger partial charge in [0.25, 0.3) is 6.71 Å². The molecule has 3 heterocycles. The summed E-state index contributed by atoms with van der Waals surface area (Å²) in [4.78, 5) is 5.32. The van der Waals surface area contributed by atoms with Crippen LogP contribution in [0, 0.1) is 0 Å². The normalized spacial score (nSPS) is 12.5. The van der Waals surface area contributed by atoms with Gasteiger partial charge in [-0.15, -0.1) is 0 Å². The van der Waals surface area contributed by atoms with Crippen molar-refractivity contribution in [3.05, 3.63) is 413 Å². The molecular formula is C96H68BN3Si2. The van der Waals surface area contributed by atoms with Crippen LogP contribution in [0.1, 0.15) is 0 Å². The number of rotatable bonds is 14. The summed E-state index contributed by atoms with van der Waals surface area (Å²) in [6.07, 6.45) is 0. The summed E-state index contributed by atoms with van der Waals surface area (Å²) in [5.74, 6) is 0. The van der Waals surface area contributed by atoms with Gasteiger partial charge in [0.2, 0.25) is 0 Å². The first-order chi connectivity index (χ1) is 50.6. The molecule has 478 valence electrons. The molecule has 19 rings (SSSR count). The molecule has 0 saturated heterocycles. The van der Waals surface area contributed by atoms with E-state index in [1.54, 1.807) is 0 Å². The van der Waals surface area contributed by atoms with Gasteiger partial charge < -0.3 is 14.4 Å². The first-order valence-corrected chi connectivity index (χ1v) is 39.4. The van der Waals surface area contributed by atoms with E-state index < -0.39 is 16.1 Å². The molecule has 0 saturated carbocycles. The van der Waals surface area contributed by atoms with E-state index in [2.05, 4.69) is 427 Å². The first kappa shape index (κ1) is 60.6. The Hall–Kier alpha value is -12.6. The van der Waals surface area contributed by atoms with Gasteiger partial charge in [0.05, 0.1) is 16.7 Å². The number of hydrogen-bond donors (Lipinski definition) is 0. The Morgan fingerprint density at radius 2 is 0.569 bits per heavy atom. The molecule has 0 bridgehead atoms. The molecule has 102 heavy (non-hydrogen) atoms. The van der Waals surface area contributed by atoms with Crippen LogP contribution in [0.4, 0.5) is 34.1 Å². The lowest BCUT2D eigenvalue weighted by Crippen LogP contribution is -2.75. The number of nitrogens with zero attached hydrogens (tertiary/aromatic N) is 3. The predicted molar refractivity (Wildman–Crippen MR) is 438 cm³/mol. The predicted octanol–water partition coefficient (Wildman–Crippen LogP) is 16.6. The zero-order valence-corrected chi connectivity index (χ0v) is 58.2. The summed E-state index contributed by atoms with van der Waals surface area (Å²) in [5, 5.41) is 12.9. The van der Waals surface area contributed by atoms with Crippen molar-refractivity contribution < 1.29 is 0 Å². The van der Waals surface area contributed by atoms with E-state index in [9.17, 15) is 0 Å². The van der Waals surface area contributed by atoms with Crippen molar-refractivity contribution in [1.82, 2.24) is 4.57 Å². The Labute approximate surface area is 598 Å². The van der Waals surface area contributed by atoms with Crippen LogP contribution >= 0.6 is 0 Å². The molecule has 0 fully saturated rings. The minimum atomic E-state index is -3.25. The van der Waals surface area contributed by atoms with Crippen LogP contribution in [-0.4, -0.2) is 27.4 Å². The fraction of sp³-hybridized carbons (Fsp3) is 0. The molecule has 2 aliphatic rings. The monoisotopic (exact) mass is 1330 g/mol. The highest BCUT2D eigenvalue weighted by Crippen LogP contribution is 2.48. The second-order valence-electron chi connectivity index (χ2n) is 27.0. The molecule has 0 unspecified atom stereocenters. The van der Waals surface area contributed by atoms with Crippen molar-refractivity contribution in [2.75, 3.05) is 9.80 Å². The minimum absolute atomic E-state index is 0.231. The summed E-state index contributed by atoms with van der Waals surface area (Å²) in [5.41, 5.74) is 20.8. The number of hydrogen-bond acceptors (Lipinski definition) is 2. The smallest absolute Gasteiger partial charge is 0.252 e. The number of anilines is 6. The van der Waals surface area contributed by atoms with E-state index in [-0.39, 0.29) is 6.71 Å². The van der Waals surface area contributed by atoms with Gasteiger partial charge in [-0.2, -0.15) is 0 Å². The lowest BCUT2D eigenvalue weighted by molar-refractivity contribution is 1.16. The van der Waals surface area contributed by atoms with Gasteiger partial charge in [0.1, 0.15) is 0 Å². The van der Waals surface area contributed by atoms with E-state index in [4.69, 9.17) is 0 Å². The SMILES string of the molecule is c1ccc(-c2ccc(N3c4ccc(-c5ccccc5)cc4B4c5ccc([Si](c6ccccc6)(c6ccccc6)c6ccccc6)cc5N(c5cc(-c6ccccc6)cc([Si](c6ccccc6)(c6ccccc6)c6ccccc6)c5)c5cc(-n6c7ccccc7c7ccccc76)cc3c54)cc2)cc1. The topological polar surface area (TPSA) is 11.4 Å². The lowest BCUT2D eigenvalue weighted by Gasteiger charge is -2.45. The van der Waals surface area contributed by atoms with Crippen molar-refractivity contribution >= 4 is 137 Å². The maximum Gasteiger partial charge on any atom is 0.252 e. The number of para-hydroxylation sites is 2. The van der Waals surface area contributed by atoms with Crippen LogP contribution < -0.4 is 67.7 Å². The highest BCUT2D eigenvalue weighted by Gasteiger charge is 2.48. The van der Waals surface area contributed by atoms with Crippen molar-refractivity contribution in [3.8, 4) is 39.1 Å². The maximum absolute atomic E-state index is 3.25. The zero-order chi connectivity index (χ0) is 67.6. The highest BCUT2D eigenvalue weighted by atomic mass is 28.3. The number of aromatic nitrogens is 1. The average Bonchev–Trinajstić information content (AvgIpc) is 1.32. The quantitative estimate of drug-likeness (QED) is 0.0794. The van der Waals surface area contributed by atoms with Crippen molar-refractivity contribution in [2.45, 2.75) is 0 Å². The van der Waals surface area contributed by atoms with E-state index in [1.807, 2.05) is 0 Å². The third-order valence-electron chi connectivity index (χ3n) is 21.6. The first-order valence-electron chi connectivity index (χ1n) is 35.4. The van der Waals surface area contributed by atoms with Gasteiger partial charge in [-0.05, 0) is 152 Å². The molecule has 2 aliphatic heterocycles. The van der Waals surface area contributed by atoms with Crippen LogP contribution in [0.5, 0.6) is 0 Å². The molecule has 0 spiro atoms. The third kappa shape index (κ3) is 9.85. The van der Waals surface area contributed by atoms with Crippen molar-refractivity contribution in [1.29, 1.82) is 0 Å². The average molecular weight is 1330 g/mol.